The van der Waals surface area contributed by atoms with E-state index in [1.807, 2.05) is 12.1 Å². The molecule has 0 aliphatic carbocycles. The van der Waals surface area contributed by atoms with Crippen LogP contribution >= 0.6 is 0 Å². The summed E-state index contributed by atoms with van der Waals surface area (Å²) in [6.45, 7) is 12.1. The highest BCUT2D eigenvalue weighted by Gasteiger charge is 2.29. The van der Waals surface area contributed by atoms with Gasteiger partial charge in [-0.1, -0.05) is 0 Å². The van der Waals surface area contributed by atoms with Gasteiger partial charge in [0.05, 0.1) is 19.8 Å². The lowest BCUT2D eigenvalue weighted by Crippen LogP contribution is -2.56. The molecule has 2 aliphatic rings. The summed E-state index contributed by atoms with van der Waals surface area (Å²) in [5, 5.41) is 3.10. The second-order valence-corrected chi connectivity index (χ2v) is 7.93. The van der Waals surface area contributed by atoms with Gasteiger partial charge in [-0.05, 0) is 38.1 Å². The molecule has 2 aliphatic heterocycles. The lowest BCUT2D eigenvalue weighted by atomic mass is 10.0. The van der Waals surface area contributed by atoms with E-state index in [0.717, 1.165) is 58.2 Å². The molecule has 2 heterocycles. The molecular formula is C20H31FN4O2. The zero-order valence-electron chi connectivity index (χ0n) is 16.4. The fraction of sp³-hybridized carbons (Fsp3) is 0.650. The molecule has 2 saturated heterocycles. The van der Waals surface area contributed by atoms with Crippen molar-refractivity contribution in [2.24, 2.45) is 0 Å². The van der Waals surface area contributed by atoms with Crippen LogP contribution in [-0.2, 0) is 9.53 Å². The van der Waals surface area contributed by atoms with E-state index in [-0.39, 0.29) is 17.3 Å². The highest BCUT2D eigenvalue weighted by Crippen LogP contribution is 2.17. The number of hydrogen-bond donors (Lipinski definition) is 1. The minimum atomic E-state index is -0.214. The van der Waals surface area contributed by atoms with Crippen molar-refractivity contribution in [2.45, 2.75) is 19.4 Å². The number of ether oxygens (including phenoxy) is 1. The molecule has 1 aromatic rings. The van der Waals surface area contributed by atoms with Crippen LogP contribution in [0.5, 0.6) is 0 Å². The zero-order valence-corrected chi connectivity index (χ0v) is 16.4. The van der Waals surface area contributed by atoms with Gasteiger partial charge in [0.15, 0.2) is 0 Å². The molecule has 2 fully saturated rings. The molecule has 27 heavy (non-hydrogen) atoms. The summed E-state index contributed by atoms with van der Waals surface area (Å²) >= 11 is 0. The number of nitrogens with one attached hydrogen (secondary N) is 1. The number of benzene rings is 1. The summed E-state index contributed by atoms with van der Waals surface area (Å²) in [7, 11) is 0. The standard InChI is InChI=1S/C20H31FN4O2/c1-20(2,25-11-13-27-14-12-25)16-22-19(26)15-23-7-9-24(10-8-23)18-5-3-17(21)4-6-18/h3-6H,7-16H2,1-2H3,(H,22,26). The van der Waals surface area contributed by atoms with Crippen LogP contribution < -0.4 is 10.2 Å². The molecule has 1 aromatic carbocycles. The van der Waals surface area contributed by atoms with Gasteiger partial charge in [0.2, 0.25) is 5.91 Å². The molecule has 7 heteroatoms. The Morgan fingerprint density at radius 3 is 2.33 bits per heavy atom. The highest BCUT2D eigenvalue weighted by atomic mass is 19.1. The number of hydrogen-bond acceptors (Lipinski definition) is 5. The molecule has 0 saturated carbocycles. The van der Waals surface area contributed by atoms with Crippen LogP contribution in [0.25, 0.3) is 0 Å². The average molecular weight is 378 g/mol. The van der Waals surface area contributed by atoms with Gasteiger partial charge < -0.3 is 15.0 Å². The quantitative estimate of drug-likeness (QED) is 0.806. The molecule has 0 bridgehead atoms. The Bertz CT molecular complexity index is 609. The van der Waals surface area contributed by atoms with Crippen LogP contribution in [0, 0.1) is 5.82 Å². The van der Waals surface area contributed by atoms with Gasteiger partial charge in [-0.25, -0.2) is 4.39 Å². The van der Waals surface area contributed by atoms with Crippen LogP contribution in [-0.4, -0.2) is 86.8 Å². The van der Waals surface area contributed by atoms with Crippen LogP contribution in [0.1, 0.15) is 13.8 Å². The predicted octanol–water partition coefficient (Wildman–Crippen LogP) is 1.17. The molecule has 1 amide bonds. The maximum absolute atomic E-state index is 13.1. The average Bonchev–Trinajstić information content (AvgIpc) is 2.68. The molecule has 6 nitrogen and oxygen atoms in total. The Morgan fingerprint density at radius 1 is 1.07 bits per heavy atom. The second-order valence-electron chi connectivity index (χ2n) is 7.93. The van der Waals surface area contributed by atoms with Gasteiger partial charge in [-0.15, -0.1) is 0 Å². The first-order chi connectivity index (χ1) is 12.9. The van der Waals surface area contributed by atoms with Crippen LogP contribution in [0.2, 0.25) is 0 Å². The summed E-state index contributed by atoms with van der Waals surface area (Å²) in [5.41, 5.74) is 0.966. The third-order valence-corrected chi connectivity index (χ3v) is 5.52. The number of halogens is 1. The molecule has 0 unspecified atom stereocenters. The smallest absolute Gasteiger partial charge is 0.234 e. The van der Waals surface area contributed by atoms with E-state index < -0.39 is 0 Å². The number of carbonyl (C=O) groups excluding carboxylic acids is 1. The van der Waals surface area contributed by atoms with Gasteiger partial charge in [0.25, 0.3) is 0 Å². The first-order valence-corrected chi connectivity index (χ1v) is 9.76. The maximum atomic E-state index is 13.1. The van der Waals surface area contributed by atoms with E-state index in [4.69, 9.17) is 4.74 Å². The Labute approximate surface area is 161 Å². The van der Waals surface area contributed by atoms with E-state index in [2.05, 4.69) is 33.9 Å². The Morgan fingerprint density at radius 2 is 1.70 bits per heavy atom. The third kappa shape index (κ3) is 5.64. The summed E-state index contributed by atoms with van der Waals surface area (Å²) in [6.07, 6.45) is 0. The Hall–Kier alpha value is -1.70. The van der Waals surface area contributed by atoms with Crippen molar-refractivity contribution in [3.63, 3.8) is 0 Å². The molecule has 150 valence electrons. The van der Waals surface area contributed by atoms with E-state index in [1.165, 1.54) is 12.1 Å². The van der Waals surface area contributed by atoms with Crippen molar-refractivity contribution in [3.8, 4) is 0 Å². The van der Waals surface area contributed by atoms with E-state index in [9.17, 15) is 9.18 Å². The van der Waals surface area contributed by atoms with Crippen LogP contribution in [0.4, 0.5) is 10.1 Å². The zero-order chi connectivity index (χ0) is 19.3. The van der Waals surface area contributed by atoms with Crippen molar-refractivity contribution >= 4 is 11.6 Å². The Balaban J connectivity index is 1.39. The number of carbonyl (C=O) groups is 1. The molecule has 0 spiro atoms. The fourth-order valence-corrected chi connectivity index (χ4v) is 3.67. The predicted molar refractivity (Wildman–Crippen MR) is 105 cm³/mol. The van der Waals surface area contributed by atoms with Gasteiger partial charge in [0.1, 0.15) is 5.82 Å². The summed E-state index contributed by atoms with van der Waals surface area (Å²) in [5.74, 6) is -0.138. The SMILES string of the molecule is CC(C)(CNC(=O)CN1CCN(c2ccc(F)cc2)CC1)N1CCOCC1. The summed E-state index contributed by atoms with van der Waals surface area (Å²) < 4.78 is 18.5. The topological polar surface area (TPSA) is 48.1 Å². The third-order valence-electron chi connectivity index (χ3n) is 5.52. The van der Waals surface area contributed by atoms with E-state index in [1.54, 1.807) is 0 Å². The molecular weight excluding hydrogens is 347 g/mol. The monoisotopic (exact) mass is 378 g/mol. The molecule has 0 atom stereocenters. The van der Waals surface area contributed by atoms with Crippen LogP contribution in [0.15, 0.2) is 24.3 Å². The molecule has 3 rings (SSSR count). The number of anilines is 1. The largest absolute Gasteiger partial charge is 0.379 e. The van der Waals surface area contributed by atoms with Gasteiger partial charge >= 0.3 is 0 Å². The minimum Gasteiger partial charge on any atom is -0.379 e. The summed E-state index contributed by atoms with van der Waals surface area (Å²) in [6, 6.07) is 6.60. The van der Waals surface area contributed by atoms with Crippen molar-refractivity contribution < 1.29 is 13.9 Å². The number of amides is 1. The molecule has 1 N–H and O–H groups in total. The number of morpholine rings is 1. The maximum Gasteiger partial charge on any atom is 0.234 e. The highest BCUT2D eigenvalue weighted by molar-refractivity contribution is 5.78. The van der Waals surface area contributed by atoms with Crippen molar-refractivity contribution in [2.75, 3.05) is 70.5 Å². The van der Waals surface area contributed by atoms with Crippen LogP contribution in [0.3, 0.4) is 0 Å². The van der Waals surface area contributed by atoms with Gasteiger partial charge in [-0.3, -0.25) is 14.6 Å². The normalized spacial score (nSPS) is 19.9. The number of nitrogens with zero attached hydrogens (tertiary/aromatic N) is 3. The van der Waals surface area contributed by atoms with E-state index in [0.29, 0.717) is 13.1 Å². The second kappa shape index (κ2) is 8.99. The van der Waals surface area contributed by atoms with Crippen molar-refractivity contribution in [1.29, 1.82) is 0 Å². The molecule has 0 aromatic heterocycles. The molecule has 0 radical (unpaired) electrons. The van der Waals surface area contributed by atoms with E-state index >= 15 is 0 Å². The number of rotatable bonds is 6. The lowest BCUT2D eigenvalue weighted by molar-refractivity contribution is -0.123. The van der Waals surface area contributed by atoms with Gasteiger partial charge in [0, 0.05) is 57.0 Å². The number of piperazine rings is 1. The lowest BCUT2D eigenvalue weighted by Gasteiger charge is -2.41. The first kappa shape index (κ1) is 20.0. The first-order valence-electron chi connectivity index (χ1n) is 9.76. The van der Waals surface area contributed by atoms with Gasteiger partial charge in [-0.2, -0.15) is 0 Å². The Kier molecular flexibility index (Phi) is 6.68. The fourth-order valence-electron chi connectivity index (χ4n) is 3.67. The van der Waals surface area contributed by atoms with Crippen molar-refractivity contribution in [1.82, 2.24) is 15.1 Å². The van der Waals surface area contributed by atoms with Crippen molar-refractivity contribution in [3.05, 3.63) is 30.1 Å². The minimum absolute atomic E-state index is 0.0687. The summed E-state index contributed by atoms with van der Waals surface area (Å²) in [4.78, 5) is 19.2.